The molecule has 1 unspecified atom stereocenters. The Hall–Kier alpha value is -0.830. The van der Waals surface area contributed by atoms with Gasteiger partial charge in [-0.1, -0.05) is 13.8 Å². The van der Waals surface area contributed by atoms with Crippen LogP contribution in [0.3, 0.4) is 0 Å². The lowest BCUT2D eigenvalue weighted by atomic mass is 10.1. The van der Waals surface area contributed by atoms with Crippen molar-refractivity contribution >= 4 is 26.8 Å². The normalized spacial score (nSPS) is 12.7. The van der Waals surface area contributed by atoms with Crippen LogP contribution in [0.25, 0.3) is 0 Å². The maximum Gasteiger partial charge on any atom is 0.394 e. The molecule has 0 saturated carbocycles. The monoisotopic (exact) mass is 313 g/mol. The molecular formula is C5H15NO10S2. The van der Waals surface area contributed by atoms with Crippen LogP contribution in [0.1, 0.15) is 13.8 Å². The number of hydrogen-bond donors (Lipinski definition) is 6. The van der Waals surface area contributed by atoms with Gasteiger partial charge < -0.3 is 10.8 Å². The van der Waals surface area contributed by atoms with E-state index in [2.05, 4.69) is 0 Å². The third-order valence-electron chi connectivity index (χ3n) is 1.00. The highest BCUT2D eigenvalue weighted by Crippen LogP contribution is 1.96. The molecule has 7 N–H and O–H groups in total. The highest BCUT2D eigenvalue weighted by molar-refractivity contribution is 7.80. The maximum atomic E-state index is 10.0. The Bertz CT molecular complexity index is 377. The number of carboxylic acids is 1. The van der Waals surface area contributed by atoms with Crippen molar-refractivity contribution in [2.24, 2.45) is 11.7 Å². The van der Waals surface area contributed by atoms with Gasteiger partial charge in [-0.05, 0) is 5.92 Å². The minimum absolute atomic E-state index is 0.0208. The van der Waals surface area contributed by atoms with Gasteiger partial charge in [0.1, 0.15) is 6.04 Å². The van der Waals surface area contributed by atoms with Gasteiger partial charge in [-0.3, -0.25) is 23.0 Å². The molecule has 0 aliphatic rings. The maximum absolute atomic E-state index is 10.0. The molecule has 0 heterocycles. The van der Waals surface area contributed by atoms with Crippen molar-refractivity contribution in [2.45, 2.75) is 19.9 Å². The van der Waals surface area contributed by atoms with Crippen molar-refractivity contribution in [3.05, 3.63) is 0 Å². The van der Waals surface area contributed by atoms with E-state index in [0.717, 1.165) is 0 Å². The van der Waals surface area contributed by atoms with Crippen molar-refractivity contribution in [1.82, 2.24) is 0 Å². The first-order valence-electron chi connectivity index (χ1n) is 3.93. The van der Waals surface area contributed by atoms with Crippen LogP contribution >= 0.6 is 0 Å². The smallest absolute Gasteiger partial charge is 0.394 e. The summed E-state index contributed by atoms with van der Waals surface area (Å²) in [5.74, 6) is -0.910. The predicted molar refractivity (Wildman–Crippen MR) is 58.8 cm³/mol. The lowest BCUT2D eigenvalue weighted by Crippen LogP contribution is -2.34. The molecule has 0 spiro atoms. The number of hydrogen-bond acceptors (Lipinski definition) is 6. The Kier molecular flexibility index (Phi) is 11.4. The summed E-state index contributed by atoms with van der Waals surface area (Å²) in [6.45, 7) is 3.55. The molecular weight excluding hydrogens is 298 g/mol. The average Bonchev–Trinajstić information content (AvgIpc) is 1.95. The Morgan fingerprint density at radius 3 is 1.11 bits per heavy atom. The Labute approximate surface area is 104 Å². The van der Waals surface area contributed by atoms with Crippen molar-refractivity contribution in [2.75, 3.05) is 0 Å². The topological polar surface area (TPSA) is 213 Å². The lowest BCUT2D eigenvalue weighted by molar-refractivity contribution is -0.139. The zero-order valence-corrected chi connectivity index (χ0v) is 11.0. The minimum Gasteiger partial charge on any atom is -0.480 e. The van der Waals surface area contributed by atoms with Crippen LogP contribution in [0.15, 0.2) is 0 Å². The molecule has 0 rings (SSSR count). The molecule has 0 aromatic rings. The first kappa shape index (κ1) is 22.4. The third-order valence-corrected chi connectivity index (χ3v) is 1.00. The van der Waals surface area contributed by atoms with E-state index in [4.69, 9.17) is 45.9 Å². The van der Waals surface area contributed by atoms with E-state index in [1.54, 1.807) is 13.8 Å². The van der Waals surface area contributed by atoms with Crippen LogP contribution < -0.4 is 5.73 Å². The van der Waals surface area contributed by atoms with Gasteiger partial charge in [-0.25, -0.2) is 0 Å². The summed E-state index contributed by atoms with van der Waals surface area (Å²) in [6, 6.07) is -0.713. The summed E-state index contributed by atoms with van der Waals surface area (Å²) in [6.07, 6.45) is 0. The molecule has 0 saturated heterocycles. The van der Waals surface area contributed by atoms with E-state index in [9.17, 15) is 4.79 Å². The van der Waals surface area contributed by atoms with Gasteiger partial charge in [0.05, 0.1) is 0 Å². The van der Waals surface area contributed by atoms with Crippen molar-refractivity contribution in [3.63, 3.8) is 0 Å². The molecule has 0 amide bonds. The molecule has 0 aromatic heterocycles. The van der Waals surface area contributed by atoms with Crippen molar-refractivity contribution in [3.8, 4) is 0 Å². The first-order chi connectivity index (χ1) is 7.55. The number of nitrogens with two attached hydrogens (primary N) is 1. The molecule has 0 radical (unpaired) electrons. The van der Waals surface area contributed by atoms with E-state index in [1.165, 1.54) is 0 Å². The fraction of sp³-hybridized carbons (Fsp3) is 0.800. The van der Waals surface area contributed by atoms with Crippen LogP contribution in [0.4, 0.5) is 0 Å². The van der Waals surface area contributed by atoms with Crippen LogP contribution in [0.2, 0.25) is 0 Å². The highest BCUT2D eigenvalue weighted by atomic mass is 32.3. The molecule has 112 valence electrons. The van der Waals surface area contributed by atoms with Gasteiger partial charge in [-0.15, -0.1) is 0 Å². The zero-order valence-electron chi connectivity index (χ0n) is 9.33. The molecule has 1 atom stereocenters. The summed E-state index contributed by atoms with van der Waals surface area (Å²) in [7, 11) is -9.33. The van der Waals surface area contributed by atoms with Gasteiger partial charge in [0.25, 0.3) is 0 Å². The summed E-state index contributed by atoms with van der Waals surface area (Å²) < 4.78 is 63.2. The summed E-state index contributed by atoms with van der Waals surface area (Å²) in [4.78, 5) is 10.0. The number of carboxylic acid groups (broad SMARTS) is 1. The molecule has 0 aliphatic heterocycles. The molecule has 0 aromatic carbocycles. The third kappa shape index (κ3) is 59.2. The standard InChI is InChI=1S/C5H11NO2.2H2O4S/c1-3(2)4(6)5(7)8;2*1-5(2,3)4/h3-4H,6H2,1-2H3,(H,7,8);2*(H2,1,2,3,4). The fourth-order valence-electron chi connectivity index (χ4n) is 0.285. The van der Waals surface area contributed by atoms with Crippen molar-refractivity contribution in [1.29, 1.82) is 0 Å². The highest BCUT2D eigenvalue weighted by Gasteiger charge is 2.14. The molecule has 0 bridgehead atoms. The van der Waals surface area contributed by atoms with Gasteiger partial charge in [0.15, 0.2) is 0 Å². The number of rotatable bonds is 2. The van der Waals surface area contributed by atoms with Gasteiger partial charge in [-0.2, -0.15) is 16.8 Å². The van der Waals surface area contributed by atoms with E-state index < -0.39 is 32.8 Å². The Morgan fingerprint density at radius 1 is 0.944 bits per heavy atom. The summed E-state index contributed by atoms with van der Waals surface area (Å²) in [5.41, 5.74) is 5.16. The largest absolute Gasteiger partial charge is 0.480 e. The Balaban J connectivity index is -0.000000197. The molecule has 18 heavy (non-hydrogen) atoms. The molecule has 13 heteroatoms. The predicted octanol–water partition coefficient (Wildman–Crippen LogP) is -1.25. The summed E-state index contributed by atoms with van der Waals surface area (Å²) in [5, 5.41) is 8.23. The van der Waals surface area contributed by atoms with Crippen LogP contribution in [0.5, 0.6) is 0 Å². The fourth-order valence-corrected chi connectivity index (χ4v) is 0.285. The first-order valence-corrected chi connectivity index (χ1v) is 6.73. The van der Waals surface area contributed by atoms with Gasteiger partial charge >= 0.3 is 26.8 Å². The quantitative estimate of drug-likeness (QED) is 0.331. The van der Waals surface area contributed by atoms with Crippen LogP contribution in [0, 0.1) is 5.92 Å². The Morgan fingerprint density at radius 2 is 1.11 bits per heavy atom. The second-order valence-electron chi connectivity index (χ2n) is 3.00. The van der Waals surface area contributed by atoms with Crippen molar-refractivity contribution < 1.29 is 44.9 Å². The number of aliphatic carboxylic acids is 1. The second kappa shape index (κ2) is 9.15. The zero-order chi connectivity index (χ0) is 15.7. The van der Waals surface area contributed by atoms with Crippen LogP contribution in [-0.2, 0) is 25.6 Å². The van der Waals surface area contributed by atoms with E-state index >= 15 is 0 Å². The number of carbonyl (C=O) groups is 1. The second-order valence-corrected chi connectivity index (χ2v) is 4.80. The van der Waals surface area contributed by atoms with E-state index in [0.29, 0.717) is 0 Å². The van der Waals surface area contributed by atoms with E-state index in [-0.39, 0.29) is 5.92 Å². The average molecular weight is 313 g/mol. The SMILES string of the molecule is CC(C)C(N)C(=O)O.O=S(=O)(O)O.O=S(=O)(O)O. The molecule has 0 fully saturated rings. The van der Waals surface area contributed by atoms with Gasteiger partial charge in [0, 0.05) is 0 Å². The van der Waals surface area contributed by atoms with Gasteiger partial charge in [0.2, 0.25) is 0 Å². The summed E-state index contributed by atoms with van der Waals surface area (Å²) >= 11 is 0. The molecule has 11 nitrogen and oxygen atoms in total. The molecule has 0 aliphatic carbocycles. The lowest BCUT2D eigenvalue weighted by Gasteiger charge is -2.07. The van der Waals surface area contributed by atoms with Crippen LogP contribution in [-0.4, -0.2) is 52.2 Å². The minimum atomic E-state index is -4.67. The van der Waals surface area contributed by atoms with E-state index in [1.807, 2.05) is 0 Å².